The van der Waals surface area contributed by atoms with Gasteiger partial charge >= 0.3 is 0 Å². The molecule has 0 aliphatic rings. The third-order valence-corrected chi connectivity index (χ3v) is 1.87. The van der Waals surface area contributed by atoms with Crippen LogP contribution in [0.1, 0.15) is 27.2 Å². The van der Waals surface area contributed by atoms with Crippen LogP contribution in [0.5, 0.6) is 0 Å². The zero-order valence-electron chi connectivity index (χ0n) is 6.93. The van der Waals surface area contributed by atoms with Gasteiger partial charge in [-0.3, -0.25) is 0 Å². The van der Waals surface area contributed by atoms with Crippen molar-refractivity contribution in [3.8, 4) is 0 Å². The molecule has 0 bridgehead atoms. The van der Waals surface area contributed by atoms with Crippen molar-refractivity contribution in [3.63, 3.8) is 0 Å². The van der Waals surface area contributed by atoms with E-state index in [1.807, 2.05) is 0 Å². The monoisotopic (exact) mass is 180 g/mol. The lowest BCUT2D eigenvalue weighted by molar-refractivity contribution is 0.221. The van der Waals surface area contributed by atoms with Gasteiger partial charge in [-0.25, -0.2) is 8.60 Å². The molecule has 0 aromatic carbocycles. The van der Waals surface area contributed by atoms with E-state index in [-0.39, 0.29) is 6.42 Å². The number of hydrogen-bond acceptors (Lipinski definition) is 1. The van der Waals surface area contributed by atoms with Gasteiger partial charge in [-0.1, -0.05) is 6.08 Å². The molecule has 0 fully saturated rings. The van der Waals surface area contributed by atoms with Crippen LogP contribution in [0.25, 0.3) is 0 Å². The molecular formula is C7H13FO2S. The van der Waals surface area contributed by atoms with E-state index < -0.39 is 16.7 Å². The van der Waals surface area contributed by atoms with Crippen molar-refractivity contribution in [2.24, 2.45) is 0 Å². The maximum Gasteiger partial charge on any atom is 0.181 e. The van der Waals surface area contributed by atoms with Crippen molar-refractivity contribution in [1.82, 2.24) is 0 Å². The fraction of sp³-hybridized carbons (Fsp3) is 0.714. The predicted molar refractivity (Wildman–Crippen MR) is 44.3 cm³/mol. The molecule has 0 heterocycles. The van der Waals surface area contributed by atoms with Gasteiger partial charge in [0.25, 0.3) is 0 Å². The summed E-state index contributed by atoms with van der Waals surface area (Å²) in [6, 6.07) is 0. The highest BCUT2D eigenvalue weighted by Crippen LogP contribution is 2.15. The summed E-state index contributed by atoms with van der Waals surface area (Å²) in [5.41, 5.74) is -1.30. The molecule has 0 aliphatic heterocycles. The molecule has 0 amide bonds. The lowest BCUT2D eigenvalue weighted by atomic mass is 10.1. The highest BCUT2D eigenvalue weighted by Gasteiger charge is 2.13. The van der Waals surface area contributed by atoms with E-state index in [9.17, 15) is 8.60 Å². The average molecular weight is 180 g/mol. The molecular weight excluding hydrogens is 167 g/mol. The van der Waals surface area contributed by atoms with Crippen molar-refractivity contribution in [2.45, 2.75) is 32.9 Å². The zero-order chi connectivity index (χ0) is 9.07. The minimum atomic E-state index is -1.95. The summed E-state index contributed by atoms with van der Waals surface area (Å²) in [5, 5.41) is 0. The van der Waals surface area contributed by atoms with Gasteiger partial charge in [0.15, 0.2) is 11.1 Å². The summed E-state index contributed by atoms with van der Waals surface area (Å²) < 4.78 is 31.6. The Morgan fingerprint density at radius 1 is 1.73 bits per heavy atom. The second kappa shape index (κ2) is 3.97. The van der Waals surface area contributed by atoms with Gasteiger partial charge in [0.2, 0.25) is 0 Å². The van der Waals surface area contributed by atoms with Crippen molar-refractivity contribution in [1.29, 1.82) is 0 Å². The Morgan fingerprint density at radius 2 is 2.18 bits per heavy atom. The molecule has 1 unspecified atom stereocenters. The number of allylic oxidation sites excluding steroid dienone is 2. The van der Waals surface area contributed by atoms with Gasteiger partial charge in [-0.15, -0.1) is 0 Å². The fourth-order valence-electron chi connectivity index (χ4n) is 0.458. The summed E-state index contributed by atoms with van der Waals surface area (Å²) in [5.74, 6) is 0. The molecule has 0 rings (SSSR count). The van der Waals surface area contributed by atoms with Crippen molar-refractivity contribution in [2.75, 3.05) is 0 Å². The van der Waals surface area contributed by atoms with Crippen LogP contribution >= 0.6 is 0 Å². The van der Waals surface area contributed by atoms with E-state index in [4.69, 9.17) is 4.55 Å². The second-order valence-electron chi connectivity index (χ2n) is 2.99. The molecule has 0 aliphatic carbocycles. The van der Waals surface area contributed by atoms with Crippen molar-refractivity contribution >= 4 is 11.1 Å². The van der Waals surface area contributed by atoms with E-state index in [1.165, 1.54) is 26.8 Å². The van der Waals surface area contributed by atoms with Gasteiger partial charge in [0, 0.05) is 11.3 Å². The highest BCUT2D eigenvalue weighted by atomic mass is 32.2. The van der Waals surface area contributed by atoms with E-state index >= 15 is 0 Å². The Hall–Kier alpha value is -0.220. The first-order valence-electron chi connectivity index (χ1n) is 3.29. The van der Waals surface area contributed by atoms with Crippen LogP contribution in [0.15, 0.2) is 11.0 Å². The quantitative estimate of drug-likeness (QED) is 0.676. The molecule has 1 atom stereocenters. The first-order valence-corrected chi connectivity index (χ1v) is 4.40. The van der Waals surface area contributed by atoms with Crippen LogP contribution in [0.3, 0.4) is 0 Å². The summed E-state index contributed by atoms with van der Waals surface area (Å²) in [6.07, 6.45) is 1.61. The minimum Gasteiger partial charge on any atom is -0.303 e. The molecule has 0 radical (unpaired) electrons. The number of halogens is 1. The van der Waals surface area contributed by atoms with Crippen LogP contribution in [0.2, 0.25) is 0 Å². The number of rotatable bonds is 3. The van der Waals surface area contributed by atoms with Crippen LogP contribution in [0, 0.1) is 0 Å². The third kappa shape index (κ3) is 6.19. The molecule has 0 saturated carbocycles. The summed E-state index contributed by atoms with van der Waals surface area (Å²) >= 11 is -1.95. The largest absolute Gasteiger partial charge is 0.303 e. The Morgan fingerprint density at radius 3 is 2.45 bits per heavy atom. The van der Waals surface area contributed by atoms with Crippen LogP contribution in [-0.2, 0) is 11.1 Å². The maximum atomic E-state index is 12.8. The Bertz CT molecular complexity index is 181. The van der Waals surface area contributed by atoms with Crippen LogP contribution < -0.4 is 0 Å². The first kappa shape index (κ1) is 10.8. The lowest BCUT2D eigenvalue weighted by Crippen LogP contribution is -2.09. The normalized spacial score (nSPS) is 16.6. The second-order valence-corrected chi connectivity index (χ2v) is 4.13. The molecule has 0 aromatic rings. The topological polar surface area (TPSA) is 37.3 Å². The van der Waals surface area contributed by atoms with Gasteiger partial charge in [-0.05, 0) is 20.8 Å². The minimum absolute atomic E-state index is 0.172. The number of hydrogen-bond donors (Lipinski definition) is 1. The Kier molecular flexibility index (Phi) is 3.89. The smallest absolute Gasteiger partial charge is 0.181 e. The molecule has 0 saturated heterocycles. The molecule has 11 heavy (non-hydrogen) atoms. The molecule has 0 aromatic heterocycles. The highest BCUT2D eigenvalue weighted by molar-refractivity contribution is 7.83. The third-order valence-electron chi connectivity index (χ3n) is 1.15. The summed E-state index contributed by atoms with van der Waals surface area (Å²) in [7, 11) is 0. The molecule has 4 heteroatoms. The molecule has 66 valence electrons. The van der Waals surface area contributed by atoms with E-state index in [0.717, 1.165) is 0 Å². The predicted octanol–water partition coefficient (Wildman–Crippen LogP) is 2.25. The maximum absolute atomic E-state index is 12.8. The van der Waals surface area contributed by atoms with Crippen LogP contribution in [-0.4, -0.2) is 14.4 Å². The zero-order valence-corrected chi connectivity index (χ0v) is 7.74. The van der Waals surface area contributed by atoms with Crippen LogP contribution in [0.4, 0.5) is 4.39 Å². The van der Waals surface area contributed by atoms with Gasteiger partial charge in [0.1, 0.15) is 5.67 Å². The average Bonchev–Trinajstić information content (AvgIpc) is 1.80. The SMILES string of the molecule is C/C(=C\CC(C)(C)F)S(=O)O. The van der Waals surface area contributed by atoms with Crippen molar-refractivity contribution < 1.29 is 13.2 Å². The molecule has 2 nitrogen and oxygen atoms in total. The van der Waals surface area contributed by atoms with Gasteiger partial charge in [0.05, 0.1) is 0 Å². The lowest BCUT2D eigenvalue weighted by Gasteiger charge is -2.10. The van der Waals surface area contributed by atoms with Crippen molar-refractivity contribution in [3.05, 3.63) is 11.0 Å². The summed E-state index contributed by atoms with van der Waals surface area (Å²) in [6.45, 7) is 4.36. The van der Waals surface area contributed by atoms with Gasteiger partial charge in [-0.2, -0.15) is 0 Å². The standard InChI is InChI=1S/C7H13FO2S/c1-6(11(9)10)4-5-7(2,3)8/h4H,5H2,1-3H3,(H,9,10)/b6-4+. The summed E-state index contributed by atoms with van der Waals surface area (Å²) in [4.78, 5) is 0.302. The van der Waals surface area contributed by atoms with E-state index in [0.29, 0.717) is 4.91 Å². The number of alkyl halides is 1. The van der Waals surface area contributed by atoms with E-state index in [2.05, 4.69) is 0 Å². The van der Waals surface area contributed by atoms with E-state index in [1.54, 1.807) is 0 Å². The Labute approximate surface area is 68.8 Å². The molecule has 0 spiro atoms. The molecule has 1 N–H and O–H groups in total. The Balaban J connectivity index is 4.04. The van der Waals surface area contributed by atoms with Gasteiger partial charge < -0.3 is 4.55 Å². The fourth-order valence-corrected chi connectivity index (χ4v) is 0.684. The first-order chi connectivity index (χ1) is 4.83.